The molecule has 1 atom stereocenters. The van der Waals surface area contributed by atoms with Gasteiger partial charge < -0.3 is 5.32 Å². The van der Waals surface area contributed by atoms with E-state index in [1.165, 1.54) is 39.8 Å². The van der Waals surface area contributed by atoms with Crippen LogP contribution in [0.25, 0.3) is 11.4 Å². The highest BCUT2D eigenvalue weighted by Gasteiger charge is 2.24. The van der Waals surface area contributed by atoms with Gasteiger partial charge in [0.15, 0.2) is 11.0 Å². The first kappa shape index (κ1) is 21.8. The van der Waals surface area contributed by atoms with Crippen LogP contribution in [-0.4, -0.2) is 33.0 Å². The zero-order valence-electron chi connectivity index (χ0n) is 17.8. The second-order valence-corrected chi connectivity index (χ2v) is 9.89. The minimum absolute atomic E-state index is 0.0116. The number of aromatic nitrogens is 3. The van der Waals surface area contributed by atoms with Gasteiger partial charge in [0.2, 0.25) is 5.91 Å². The summed E-state index contributed by atoms with van der Waals surface area (Å²) >= 11 is 3.26. The number of benzene rings is 1. The van der Waals surface area contributed by atoms with Gasteiger partial charge >= 0.3 is 0 Å². The minimum Gasteiger partial charge on any atom is -0.355 e. The Morgan fingerprint density at radius 3 is 3.00 bits per heavy atom. The van der Waals surface area contributed by atoms with Gasteiger partial charge in [0, 0.05) is 28.9 Å². The molecule has 4 rings (SSSR count). The molecule has 7 heteroatoms. The molecule has 2 heterocycles. The van der Waals surface area contributed by atoms with Crippen molar-refractivity contribution in [2.45, 2.75) is 44.3 Å². The molecule has 0 fully saturated rings. The number of hydrogen-bond acceptors (Lipinski definition) is 5. The molecule has 31 heavy (non-hydrogen) atoms. The molecule has 1 aromatic carbocycles. The van der Waals surface area contributed by atoms with Crippen LogP contribution in [0.5, 0.6) is 0 Å². The monoisotopic (exact) mass is 452 g/mol. The summed E-state index contributed by atoms with van der Waals surface area (Å²) in [6, 6.07) is 10.2. The molecule has 2 aromatic heterocycles. The average molecular weight is 453 g/mol. The normalized spacial score (nSPS) is 15.5. The summed E-state index contributed by atoms with van der Waals surface area (Å²) in [6.07, 6.45) is 6.16. The van der Waals surface area contributed by atoms with Crippen molar-refractivity contribution in [3.05, 3.63) is 64.4 Å². The zero-order valence-corrected chi connectivity index (χ0v) is 19.5. The number of fused-ring (bicyclic) bond motifs is 1. The molecule has 0 radical (unpaired) electrons. The van der Waals surface area contributed by atoms with Gasteiger partial charge in [-0.05, 0) is 42.7 Å². The van der Waals surface area contributed by atoms with Crippen LogP contribution in [0, 0.1) is 5.92 Å². The van der Waals surface area contributed by atoms with Crippen molar-refractivity contribution in [1.82, 2.24) is 20.1 Å². The summed E-state index contributed by atoms with van der Waals surface area (Å²) in [5, 5.41) is 14.9. The lowest BCUT2D eigenvalue weighted by Crippen LogP contribution is -2.27. The van der Waals surface area contributed by atoms with Crippen molar-refractivity contribution < 1.29 is 4.79 Å². The molecule has 1 amide bonds. The van der Waals surface area contributed by atoms with E-state index in [9.17, 15) is 4.79 Å². The highest BCUT2D eigenvalue weighted by Crippen LogP contribution is 2.38. The van der Waals surface area contributed by atoms with Crippen LogP contribution < -0.4 is 5.32 Å². The van der Waals surface area contributed by atoms with E-state index in [2.05, 4.69) is 51.1 Å². The van der Waals surface area contributed by atoms with Gasteiger partial charge in [-0.1, -0.05) is 55.1 Å². The predicted molar refractivity (Wildman–Crippen MR) is 129 cm³/mol. The first-order chi connectivity index (χ1) is 15.2. The van der Waals surface area contributed by atoms with Crippen molar-refractivity contribution in [3.63, 3.8) is 0 Å². The maximum atomic E-state index is 12.3. The largest absolute Gasteiger partial charge is 0.355 e. The summed E-state index contributed by atoms with van der Waals surface area (Å²) < 4.78 is 2.08. The lowest BCUT2D eigenvalue weighted by molar-refractivity contribution is -0.118. The van der Waals surface area contributed by atoms with Crippen molar-refractivity contribution in [2.24, 2.45) is 5.92 Å². The highest BCUT2D eigenvalue weighted by molar-refractivity contribution is 7.99. The van der Waals surface area contributed by atoms with E-state index in [1.54, 1.807) is 0 Å². The van der Waals surface area contributed by atoms with Gasteiger partial charge in [-0.3, -0.25) is 9.36 Å². The van der Waals surface area contributed by atoms with E-state index in [0.717, 1.165) is 36.2 Å². The maximum Gasteiger partial charge on any atom is 0.230 e. The summed E-state index contributed by atoms with van der Waals surface area (Å²) in [5.74, 6) is 1.97. The number of hydrogen-bond donors (Lipinski definition) is 1. The summed E-state index contributed by atoms with van der Waals surface area (Å²) in [4.78, 5) is 13.8. The smallest absolute Gasteiger partial charge is 0.230 e. The van der Waals surface area contributed by atoms with Crippen molar-refractivity contribution >= 4 is 29.0 Å². The summed E-state index contributed by atoms with van der Waals surface area (Å²) in [6.45, 7) is 7.48. The Morgan fingerprint density at radius 2 is 2.19 bits per heavy atom. The third-order valence-corrected chi connectivity index (χ3v) is 7.60. The predicted octanol–water partition coefficient (Wildman–Crippen LogP) is 4.77. The molecule has 0 saturated heterocycles. The molecule has 162 valence electrons. The second kappa shape index (κ2) is 10.3. The quantitative estimate of drug-likeness (QED) is 0.375. The third-order valence-electron chi connectivity index (χ3n) is 5.58. The lowest BCUT2D eigenvalue weighted by atomic mass is 9.88. The van der Waals surface area contributed by atoms with E-state index in [0.29, 0.717) is 18.8 Å². The van der Waals surface area contributed by atoms with Crippen LogP contribution in [0.2, 0.25) is 0 Å². The molecule has 0 aliphatic heterocycles. The fourth-order valence-electron chi connectivity index (χ4n) is 3.93. The van der Waals surface area contributed by atoms with Gasteiger partial charge in [-0.25, -0.2) is 0 Å². The Bertz CT molecular complexity index is 1040. The third kappa shape index (κ3) is 5.28. The fourth-order valence-corrected chi connectivity index (χ4v) is 5.95. The van der Waals surface area contributed by atoms with Crippen LogP contribution in [-0.2, 0) is 30.6 Å². The number of amides is 1. The number of carbonyl (C=O) groups excluding carboxylic acids is 1. The Hall–Kier alpha value is -2.38. The SMILES string of the molecule is C=CCn1c(SCC(=O)NCCc2ccccc2)nnc1-c1csc2c1CCC(C)C2. The number of nitrogens with zero attached hydrogens (tertiary/aromatic N) is 3. The van der Waals surface area contributed by atoms with Gasteiger partial charge in [0.1, 0.15) is 0 Å². The zero-order chi connectivity index (χ0) is 21.6. The van der Waals surface area contributed by atoms with Gasteiger partial charge in [0.05, 0.1) is 5.75 Å². The van der Waals surface area contributed by atoms with E-state index in [1.807, 2.05) is 35.6 Å². The molecule has 0 spiro atoms. The van der Waals surface area contributed by atoms with E-state index < -0.39 is 0 Å². The number of carbonyl (C=O) groups is 1. The van der Waals surface area contributed by atoms with Gasteiger partial charge in [-0.15, -0.1) is 28.1 Å². The minimum atomic E-state index is 0.0116. The second-order valence-electron chi connectivity index (χ2n) is 7.98. The number of thiophene rings is 1. The number of allylic oxidation sites excluding steroid dienone is 1. The Labute approximate surface area is 192 Å². The Balaban J connectivity index is 1.40. The van der Waals surface area contributed by atoms with Gasteiger partial charge in [-0.2, -0.15) is 0 Å². The topological polar surface area (TPSA) is 59.8 Å². The van der Waals surface area contributed by atoms with E-state index >= 15 is 0 Å². The van der Waals surface area contributed by atoms with Crippen molar-refractivity contribution in [3.8, 4) is 11.4 Å². The average Bonchev–Trinajstić information content (AvgIpc) is 3.36. The summed E-state index contributed by atoms with van der Waals surface area (Å²) in [7, 11) is 0. The van der Waals surface area contributed by atoms with E-state index in [-0.39, 0.29) is 5.91 Å². The number of thioether (sulfide) groups is 1. The molecular weight excluding hydrogens is 424 g/mol. The first-order valence-electron chi connectivity index (χ1n) is 10.7. The molecule has 0 saturated carbocycles. The lowest BCUT2D eigenvalue weighted by Gasteiger charge is -2.19. The standard InChI is InChI=1S/C24H28N4OS2/c1-3-13-28-23(20-15-30-21-14-17(2)9-10-19(20)21)26-27-24(28)31-16-22(29)25-12-11-18-7-5-4-6-8-18/h3-8,15,17H,1,9-14,16H2,2H3,(H,25,29). The molecular formula is C24H28N4OS2. The molecule has 3 aromatic rings. The molecule has 1 N–H and O–H groups in total. The van der Waals surface area contributed by atoms with Crippen LogP contribution in [0.4, 0.5) is 0 Å². The van der Waals surface area contributed by atoms with Gasteiger partial charge in [0.25, 0.3) is 0 Å². The van der Waals surface area contributed by atoms with E-state index in [4.69, 9.17) is 0 Å². The first-order valence-corrected chi connectivity index (χ1v) is 12.6. The van der Waals surface area contributed by atoms with Crippen LogP contribution >= 0.6 is 23.1 Å². The molecule has 5 nitrogen and oxygen atoms in total. The van der Waals surface area contributed by atoms with Crippen molar-refractivity contribution in [2.75, 3.05) is 12.3 Å². The number of nitrogens with one attached hydrogen (secondary N) is 1. The van der Waals surface area contributed by atoms with Crippen LogP contribution in [0.1, 0.15) is 29.3 Å². The maximum absolute atomic E-state index is 12.3. The Kier molecular flexibility index (Phi) is 7.25. The molecule has 0 bridgehead atoms. The molecule has 1 aliphatic rings. The summed E-state index contributed by atoms with van der Waals surface area (Å²) in [5.41, 5.74) is 3.84. The number of rotatable bonds is 9. The van der Waals surface area contributed by atoms with Crippen molar-refractivity contribution in [1.29, 1.82) is 0 Å². The molecule has 1 aliphatic carbocycles. The fraction of sp³-hybridized carbons (Fsp3) is 0.375. The van der Waals surface area contributed by atoms with Crippen LogP contribution in [0.3, 0.4) is 0 Å². The Morgan fingerprint density at radius 1 is 1.35 bits per heavy atom. The highest BCUT2D eigenvalue weighted by atomic mass is 32.2. The molecule has 1 unspecified atom stereocenters. The van der Waals surface area contributed by atoms with Crippen LogP contribution in [0.15, 0.2) is 53.5 Å².